The molecule has 1 heterocycles. The molecule has 0 bridgehead atoms. The molecule has 0 radical (unpaired) electrons. The zero-order valence-electron chi connectivity index (χ0n) is 11.6. The van der Waals surface area contributed by atoms with Gasteiger partial charge >= 0.3 is 0 Å². The van der Waals surface area contributed by atoms with Crippen LogP contribution in [0.5, 0.6) is 0 Å². The van der Waals surface area contributed by atoms with Gasteiger partial charge in [0.05, 0.1) is 12.5 Å². The number of rotatable bonds is 3. The number of thiophene rings is 1. The van der Waals surface area contributed by atoms with Crippen LogP contribution in [0.3, 0.4) is 0 Å². The Kier molecular flexibility index (Phi) is 5.83. The standard InChI is InChI=1S/C14H22N2OS.ClH/c1-10-6-8-18-12(10)9-16-13(17)11-5-3-4-7-14(11,2)15;/h6,8,11H,3-5,7,9,15H2,1-2H3,(H,16,17);1H. The van der Waals surface area contributed by atoms with E-state index >= 15 is 0 Å². The van der Waals surface area contributed by atoms with Crippen LogP contribution in [0.1, 0.15) is 43.0 Å². The van der Waals surface area contributed by atoms with Gasteiger partial charge in [0, 0.05) is 10.4 Å². The molecule has 2 rings (SSSR count). The number of amides is 1. The predicted molar refractivity (Wildman–Crippen MR) is 82.7 cm³/mol. The number of carbonyl (C=O) groups excluding carboxylic acids is 1. The molecule has 1 fully saturated rings. The minimum atomic E-state index is -0.340. The summed E-state index contributed by atoms with van der Waals surface area (Å²) >= 11 is 1.69. The Hall–Kier alpha value is -0.580. The smallest absolute Gasteiger partial charge is 0.225 e. The lowest BCUT2D eigenvalue weighted by atomic mass is 9.74. The third-order valence-corrected chi connectivity index (χ3v) is 4.99. The van der Waals surface area contributed by atoms with Crippen LogP contribution in [0.4, 0.5) is 0 Å². The van der Waals surface area contributed by atoms with E-state index in [0.29, 0.717) is 6.54 Å². The molecule has 1 saturated carbocycles. The van der Waals surface area contributed by atoms with Crippen molar-refractivity contribution in [2.45, 2.75) is 51.6 Å². The van der Waals surface area contributed by atoms with Crippen molar-refractivity contribution >= 4 is 29.7 Å². The first-order valence-corrected chi connectivity index (χ1v) is 7.48. The second kappa shape index (κ2) is 6.73. The Bertz CT molecular complexity index is 431. The van der Waals surface area contributed by atoms with Gasteiger partial charge in [0.15, 0.2) is 0 Å². The fraction of sp³-hybridized carbons (Fsp3) is 0.643. The highest BCUT2D eigenvalue weighted by Crippen LogP contribution is 2.31. The van der Waals surface area contributed by atoms with Crippen molar-refractivity contribution in [1.29, 1.82) is 0 Å². The second-order valence-corrected chi connectivity index (χ2v) is 6.55. The lowest BCUT2D eigenvalue weighted by molar-refractivity contribution is -0.128. The molecule has 2 atom stereocenters. The van der Waals surface area contributed by atoms with Crippen LogP contribution >= 0.6 is 23.7 Å². The molecular formula is C14H23ClN2OS. The molecule has 3 nitrogen and oxygen atoms in total. The summed E-state index contributed by atoms with van der Waals surface area (Å²) in [5, 5.41) is 5.10. The molecule has 0 spiro atoms. The summed E-state index contributed by atoms with van der Waals surface area (Å²) in [5.74, 6) is 0.0824. The highest BCUT2D eigenvalue weighted by molar-refractivity contribution is 7.10. The molecule has 0 aromatic carbocycles. The molecule has 3 N–H and O–H groups in total. The Balaban J connectivity index is 0.00000180. The zero-order valence-corrected chi connectivity index (χ0v) is 13.2. The van der Waals surface area contributed by atoms with Gasteiger partial charge in [-0.15, -0.1) is 23.7 Å². The monoisotopic (exact) mass is 302 g/mol. The largest absolute Gasteiger partial charge is 0.351 e. The van der Waals surface area contributed by atoms with Gasteiger partial charge in [-0.3, -0.25) is 4.79 Å². The SMILES string of the molecule is Cc1ccsc1CNC(=O)C1CCCCC1(C)N.Cl. The molecular weight excluding hydrogens is 280 g/mol. The summed E-state index contributed by atoms with van der Waals surface area (Å²) < 4.78 is 0. The highest BCUT2D eigenvalue weighted by Gasteiger charge is 2.37. The third kappa shape index (κ3) is 3.94. The van der Waals surface area contributed by atoms with E-state index in [-0.39, 0.29) is 29.8 Å². The van der Waals surface area contributed by atoms with Gasteiger partial charge in [-0.1, -0.05) is 12.8 Å². The van der Waals surface area contributed by atoms with Crippen LogP contribution in [0.25, 0.3) is 0 Å². The molecule has 0 saturated heterocycles. The fourth-order valence-electron chi connectivity index (χ4n) is 2.66. The molecule has 0 aliphatic heterocycles. The molecule has 2 unspecified atom stereocenters. The topological polar surface area (TPSA) is 55.1 Å². The van der Waals surface area contributed by atoms with E-state index in [1.165, 1.54) is 10.4 Å². The summed E-state index contributed by atoms with van der Waals surface area (Å²) in [6.45, 7) is 4.72. The summed E-state index contributed by atoms with van der Waals surface area (Å²) in [7, 11) is 0. The molecule has 5 heteroatoms. The van der Waals surface area contributed by atoms with Crippen molar-refractivity contribution in [1.82, 2.24) is 5.32 Å². The van der Waals surface area contributed by atoms with Crippen molar-refractivity contribution in [3.63, 3.8) is 0 Å². The molecule has 1 aromatic rings. The number of halogens is 1. The first-order valence-electron chi connectivity index (χ1n) is 6.60. The minimum Gasteiger partial charge on any atom is -0.351 e. The minimum absolute atomic E-state index is 0. The normalized spacial score (nSPS) is 26.6. The van der Waals surface area contributed by atoms with Gasteiger partial charge in [-0.2, -0.15) is 0 Å². The fourth-order valence-corrected chi connectivity index (χ4v) is 3.51. The van der Waals surface area contributed by atoms with E-state index < -0.39 is 0 Å². The number of carbonyl (C=O) groups is 1. The van der Waals surface area contributed by atoms with Gasteiger partial charge in [-0.05, 0) is 43.7 Å². The Morgan fingerprint density at radius 1 is 1.58 bits per heavy atom. The molecule has 1 aliphatic carbocycles. The number of nitrogens with one attached hydrogen (secondary N) is 1. The van der Waals surface area contributed by atoms with Crippen LogP contribution in [0, 0.1) is 12.8 Å². The van der Waals surface area contributed by atoms with Crippen LogP contribution in [0.2, 0.25) is 0 Å². The van der Waals surface area contributed by atoms with Gasteiger partial charge in [0.2, 0.25) is 5.91 Å². The maximum atomic E-state index is 12.2. The number of hydrogen-bond donors (Lipinski definition) is 2. The van der Waals surface area contributed by atoms with Crippen molar-refractivity contribution in [3.05, 3.63) is 21.9 Å². The second-order valence-electron chi connectivity index (χ2n) is 5.55. The van der Waals surface area contributed by atoms with Gasteiger partial charge in [0.25, 0.3) is 0 Å². The van der Waals surface area contributed by atoms with E-state index in [4.69, 9.17) is 5.73 Å². The molecule has 19 heavy (non-hydrogen) atoms. The van der Waals surface area contributed by atoms with E-state index in [9.17, 15) is 4.79 Å². The zero-order chi connectivity index (χ0) is 13.2. The number of aryl methyl sites for hydroxylation is 1. The van der Waals surface area contributed by atoms with Crippen molar-refractivity contribution in [3.8, 4) is 0 Å². The van der Waals surface area contributed by atoms with E-state index in [1.54, 1.807) is 11.3 Å². The van der Waals surface area contributed by atoms with E-state index in [1.807, 2.05) is 6.92 Å². The van der Waals surface area contributed by atoms with Crippen LogP contribution in [0.15, 0.2) is 11.4 Å². The van der Waals surface area contributed by atoms with Gasteiger partial charge < -0.3 is 11.1 Å². The van der Waals surface area contributed by atoms with Crippen LogP contribution in [-0.2, 0) is 11.3 Å². The Morgan fingerprint density at radius 3 is 2.89 bits per heavy atom. The maximum absolute atomic E-state index is 12.2. The van der Waals surface area contributed by atoms with Gasteiger partial charge in [-0.25, -0.2) is 0 Å². The summed E-state index contributed by atoms with van der Waals surface area (Å²) in [6.07, 6.45) is 4.12. The number of hydrogen-bond acceptors (Lipinski definition) is 3. The van der Waals surface area contributed by atoms with Crippen LogP contribution < -0.4 is 11.1 Å². The molecule has 1 aromatic heterocycles. The van der Waals surface area contributed by atoms with Crippen molar-refractivity contribution < 1.29 is 4.79 Å². The summed E-state index contributed by atoms with van der Waals surface area (Å²) in [6, 6.07) is 2.08. The van der Waals surface area contributed by atoms with Crippen LogP contribution in [-0.4, -0.2) is 11.4 Å². The third-order valence-electron chi connectivity index (χ3n) is 3.96. The summed E-state index contributed by atoms with van der Waals surface area (Å²) in [5.41, 5.74) is 7.15. The average molecular weight is 303 g/mol. The summed E-state index contributed by atoms with van der Waals surface area (Å²) in [4.78, 5) is 13.5. The lowest BCUT2D eigenvalue weighted by Gasteiger charge is -2.37. The first kappa shape index (κ1) is 16.5. The Morgan fingerprint density at radius 2 is 2.32 bits per heavy atom. The maximum Gasteiger partial charge on any atom is 0.225 e. The predicted octanol–water partition coefficient (Wildman–Crippen LogP) is 3.00. The van der Waals surface area contributed by atoms with E-state index in [0.717, 1.165) is 25.7 Å². The lowest BCUT2D eigenvalue weighted by Crippen LogP contribution is -2.52. The average Bonchev–Trinajstić information content (AvgIpc) is 2.71. The van der Waals surface area contributed by atoms with Gasteiger partial charge in [0.1, 0.15) is 0 Å². The highest BCUT2D eigenvalue weighted by atomic mass is 35.5. The van der Waals surface area contributed by atoms with Crippen molar-refractivity contribution in [2.24, 2.45) is 11.7 Å². The molecule has 108 valence electrons. The quantitative estimate of drug-likeness (QED) is 0.902. The molecule has 1 amide bonds. The molecule has 1 aliphatic rings. The number of nitrogens with two attached hydrogens (primary N) is 1. The van der Waals surface area contributed by atoms with E-state index in [2.05, 4.69) is 23.7 Å². The first-order chi connectivity index (χ1) is 8.50. The Labute approximate surface area is 125 Å². The van der Waals surface area contributed by atoms with Crippen molar-refractivity contribution in [2.75, 3.05) is 0 Å².